The largest absolute Gasteiger partial charge is 0.486 e. The topological polar surface area (TPSA) is 59.1 Å². The third-order valence-corrected chi connectivity index (χ3v) is 6.69. The van der Waals surface area contributed by atoms with Crippen LogP contribution in [0.1, 0.15) is 6.92 Å². The molecular formula is C19H22N2O4S. The average molecular weight is 374 g/mol. The molecular weight excluding hydrogens is 352 g/mol. The zero-order valence-electron chi connectivity index (χ0n) is 14.7. The summed E-state index contributed by atoms with van der Waals surface area (Å²) >= 11 is 0. The van der Waals surface area contributed by atoms with Crippen LogP contribution in [-0.2, 0) is 10.0 Å². The minimum atomic E-state index is -3.56. The van der Waals surface area contributed by atoms with Crippen LogP contribution in [0.3, 0.4) is 0 Å². The Balaban J connectivity index is 1.54. The Kier molecular flexibility index (Phi) is 4.50. The number of rotatable bonds is 3. The Hall–Kier alpha value is -2.25. The molecule has 1 fully saturated rings. The van der Waals surface area contributed by atoms with Gasteiger partial charge in [0, 0.05) is 37.4 Å². The Labute approximate surface area is 154 Å². The van der Waals surface area contributed by atoms with Gasteiger partial charge in [0.1, 0.15) is 13.2 Å². The smallest absolute Gasteiger partial charge is 0.243 e. The van der Waals surface area contributed by atoms with Gasteiger partial charge in [0.05, 0.1) is 4.90 Å². The van der Waals surface area contributed by atoms with Crippen LogP contribution < -0.4 is 14.4 Å². The van der Waals surface area contributed by atoms with Gasteiger partial charge in [-0.3, -0.25) is 0 Å². The average Bonchev–Trinajstić information content (AvgIpc) is 2.68. The van der Waals surface area contributed by atoms with E-state index in [0.717, 1.165) is 5.69 Å². The molecule has 1 unspecified atom stereocenters. The summed E-state index contributed by atoms with van der Waals surface area (Å²) in [6.45, 7) is 4.54. The normalized spacial score (nSPS) is 20.8. The standard InChI is InChI=1S/C19H22N2O4S/c1-15-14-20(9-10-21(15)16-5-3-2-4-6-16)26(22,23)17-7-8-18-19(13-17)25-12-11-24-18/h2-8,13,15H,9-12,14H2,1H3. The highest BCUT2D eigenvalue weighted by atomic mass is 32.2. The summed E-state index contributed by atoms with van der Waals surface area (Å²) < 4.78 is 38.7. The lowest BCUT2D eigenvalue weighted by atomic mass is 10.2. The third-order valence-electron chi connectivity index (χ3n) is 4.83. The lowest BCUT2D eigenvalue weighted by Crippen LogP contribution is -2.53. The van der Waals surface area contributed by atoms with E-state index in [0.29, 0.717) is 44.3 Å². The highest BCUT2D eigenvalue weighted by Gasteiger charge is 2.33. The predicted molar refractivity (Wildman–Crippen MR) is 99.4 cm³/mol. The van der Waals surface area contributed by atoms with E-state index in [1.807, 2.05) is 18.2 Å². The molecule has 2 heterocycles. The molecule has 2 aliphatic rings. The first kappa shape index (κ1) is 17.2. The fourth-order valence-corrected chi connectivity index (χ4v) is 5.01. The molecule has 0 aliphatic carbocycles. The van der Waals surface area contributed by atoms with Gasteiger partial charge in [-0.05, 0) is 31.2 Å². The highest BCUT2D eigenvalue weighted by molar-refractivity contribution is 7.89. The Morgan fingerprint density at radius 2 is 1.69 bits per heavy atom. The first-order valence-corrected chi connectivity index (χ1v) is 10.2. The van der Waals surface area contributed by atoms with Gasteiger partial charge in [0.2, 0.25) is 10.0 Å². The maximum atomic E-state index is 13.1. The summed E-state index contributed by atoms with van der Waals surface area (Å²) in [6.07, 6.45) is 0. The molecule has 26 heavy (non-hydrogen) atoms. The molecule has 1 atom stereocenters. The first-order chi connectivity index (χ1) is 12.6. The number of fused-ring (bicyclic) bond motifs is 1. The van der Waals surface area contributed by atoms with E-state index in [2.05, 4.69) is 24.0 Å². The molecule has 0 N–H and O–H groups in total. The second kappa shape index (κ2) is 6.81. The van der Waals surface area contributed by atoms with Crippen molar-refractivity contribution < 1.29 is 17.9 Å². The molecule has 0 bridgehead atoms. The minimum Gasteiger partial charge on any atom is -0.486 e. The summed E-state index contributed by atoms with van der Waals surface area (Å²) in [7, 11) is -3.56. The van der Waals surface area contributed by atoms with Crippen LogP contribution >= 0.6 is 0 Å². The van der Waals surface area contributed by atoms with E-state index < -0.39 is 10.0 Å². The molecule has 2 aromatic rings. The number of ether oxygens (including phenoxy) is 2. The van der Waals surface area contributed by atoms with Crippen molar-refractivity contribution in [1.82, 2.24) is 4.31 Å². The van der Waals surface area contributed by atoms with E-state index in [1.165, 1.54) is 0 Å². The van der Waals surface area contributed by atoms with E-state index >= 15 is 0 Å². The summed E-state index contributed by atoms with van der Waals surface area (Å²) in [4.78, 5) is 2.50. The van der Waals surface area contributed by atoms with Crippen LogP contribution in [0.15, 0.2) is 53.4 Å². The van der Waals surface area contributed by atoms with Gasteiger partial charge in [0.25, 0.3) is 0 Å². The lowest BCUT2D eigenvalue weighted by Gasteiger charge is -2.40. The number of benzene rings is 2. The Morgan fingerprint density at radius 1 is 0.962 bits per heavy atom. The summed E-state index contributed by atoms with van der Waals surface area (Å²) in [5.41, 5.74) is 1.12. The van der Waals surface area contributed by atoms with Crippen molar-refractivity contribution in [2.75, 3.05) is 37.7 Å². The monoisotopic (exact) mass is 374 g/mol. The fourth-order valence-electron chi connectivity index (χ4n) is 3.48. The molecule has 0 saturated carbocycles. The summed E-state index contributed by atoms with van der Waals surface area (Å²) in [5.74, 6) is 1.09. The number of para-hydroxylation sites is 1. The predicted octanol–water partition coefficient (Wildman–Crippen LogP) is 2.36. The van der Waals surface area contributed by atoms with Crippen LogP contribution in [0.4, 0.5) is 5.69 Å². The molecule has 0 aromatic heterocycles. The van der Waals surface area contributed by atoms with Crippen molar-refractivity contribution in [2.45, 2.75) is 17.9 Å². The van der Waals surface area contributed by atoms with Crippen LogP contribution in [-0.4, -0.2) is 51.6 Å². The third kappa shape index (κ3) is 3.12. The van der Waals surface area contributed by atoms with Crippen LogP contribution in [0.5, 0.6) is 11.5 Å². The maximum absolute atomic E-state index is 13.1. The molecule has 138 valence electrons. The van der Waals surface area contributed by atoms with E-state index in [1.54, 1.807) is 22.5 Å². The Morgan fingerprint density at radius 3 is 2.42 bits per heavy atom. The van der Waals surface area contributed by atoms with Crippen molar-refractivity contribution in [3.63, 3.8) is 0 Å². The van der Waals surface area contributed by atoms with Crippen molar-refractivity contribution in [2.24, 2.45) is 0 Å². The SMILES string of the molecule is CC1CN(S(=O)(=O)c2ccc3c(c2)OCCO3)CCN1c1ccccc1. The van der Waals surface area contributed by atoms with Gasteiger partial charge in [0.15, 0.2) is 11.5 Å². The molecule has 0 spiro atoms. The molecule has 4 rings (SSSR count). The van der Waals surface area contributed by atoms with Gasteiger partial charge in [-0.1, -0.05) is 18.2 Å². The van der Waals surface area contributed by atoms with Crippen molar-refractivity contribution >= 4 is 15.7 Å². The molecule has 0 radical (unpaired) electrons. The summed E-state index contributed by atoms with van der Waals surface area (Å²) in [6, 6.07) is 15.0. The van der Waals surface area contributed by atoms with E-state index in [-0.39, 0.29) is 10.9 Å². The quantitative estimate of drug-likeness (QED) is 0.825. The Bertz CT molecular complexity index is 886. The number of anilines is 1. The van der Waals surface area contributed by atoms with Crippen molar-refractivity contribution in [3.05, 3.63) is 48.5 Å². The second-order valence-electron chi connectivity index (χ2n) is 6.55. The number of piperazine rings is 1. The summed E-state index contributed by atoms with van der Waals surface area (Å²) in [5, 5.41) is 0. The number of sulfonamides is 1. The van der Waals surface area contributed by atoms with E-state index in [4.69, 9.17) is 9.47 Å². The number of hydrogen-bond donors (Lipinski definition) is 0. The van der Waals surface area contributed by atoms with Crippen LogP contribution in [0, 0.1) is 0 Å². The van der Waals surface area contributed by atoms with Gasteiger partial charge in [-0.25, -0.2) is 8.42 Å². The lowest BCUT2D eigenvalue weighted by molar-refractivity contribution is 0.171. The van der Waals surface area contributed by atoms with Gasteiger partial charge >= 0.3 is 0 Å². The van der Waals surface area contributed by atoms with Crippen molar-refractivity contribution in [1.29, 1.82) is 0 Å². The van der Waals surface area contributed by atoms with Gasteiger partial charge in [-0.2, -0.15) is 4.31 Å². The van der Waals surface area contributed by atoms with Gasteiger partial charge < -0.3 is 14.4 Å². The molecule has 0 amide bonds. The highest BCUT2D eigenvalue weighted by Crippen LogP contribution is 2.33. The molecule has 2 aliphatic heterocycles. The molecule has 7 heteroatoms. The van der Waals surface area contributed by atoms with Gasteiger partial charge in [-0.15, -0.1) is 0 Å². The zero-order valence-corrected chi connectivity index (χ0v) is 15.5. The van der Waals surface area contributed by atoms with Crippen LogP contribution in [0.25, 0.3) is 0 Å². The molecule has 6 nitrogen and oxygen atoms in total. The van der Waals surface area contributed by atoms with Crippen molar-refractivity contribution in [3.8, 4) is 11.5 Å². The zero-order chi connectivity index (χ0) is 18.1. The van der Waals surface area contributed by atoms with Crippen LogP contribution in [0.2, 0.25) is 0 Å². The molecule has 2 aromatic carbocycles. The second-order valence-corrected chi connectivity index (χ2v) is 8.48. The fraction of sp³-hybridized carbons (Fsp3) is 0.368. The first-order valence-electron chi connectivity index (χ1n) is 8.77. The number of nitrogens with zero attached hydrogens (tertiary/aromatic N) is 2. The maximum Gasteiger partial charge on any atom is 0.243 e. The molecule has 1 saturated heterocycles. The van der Waals surface area contributed by atoms with E-state index in [9.17, 15) is 8.42 Å². The number of hydrogen-bond acceptors (Lipinski definition) is 5. The minimum absolute atomic E-state index is 0.0955.